The van der Waals surface area contributed by atoms with Gasteiger partial charge in [-0.2, -0.15) is 0 Å². The fourth-order valence-corrected chi connectivity index (χ4v) is 2.29. The van der Waals surface area contributed by atoms with E-state index >= 15 is 0 Å². The maximum Gasteiger partial charge on any atom is 0.120 e. The Balaban J connectivity index is 2.76. The van der Waals surface area contributed by atoms with Crippen molar-refractivity contribution in [1.29, 1.82) is 0 Å². The lowest BCUT2D eigenvalue weighted by molar-refractivity contribution is 0.173. The van der Waals surface area contributed by atoms with Crippen LogP contribution in [0.2, 0.25) is 0 Å². The molecule has 0 amide bonds. The Morgan fingerprint density at radius 2 is 1.71 bits per heavy atom. The average molecular weight is 235 g/mol. The highest BCUT2D eigenvalue weighted by molar-refractivity contribution is 5.34. The van der Waals surface area contributed by atoms with E-state index in [1.807, 2.05) is 18.2 Å². The molecule has 0 saturated heterocycles. The van der Waals surface area contributed by atoms with Gasteiger partial charge in [0, 0.05) is 17.6 Å². The Labute approximate surface area is 105 Å². The van der Waals surface area contributed by atoms with Crippen molar-refractivity contribution < 1.29 is 5.11 Å². The number of nitrogens with zero attached hydrogens (tertiary/aromatic N) is 1. The first-order valence-electron chi connectivity index (χ1n) is 6.43. The normalized spacial score (nSPS) is 15.2. The second-order valence-corrected chi connectivity index (χ2v) is 5.38. The van der Waals surface area contributed by atoms with Crippen LogP contribution in [0.3, 0.4) is 0 Å². The lowest BCUT2D eigenvalue weighted by Crippen LogP contribution is -2.32. The fourth-order valence-electron chi connectivity index (χ4n) is 2.29. The number of hydrogen-bond acceptors (Lipinski definition) is 2. The molecule has 96 valence electrons. The standard InChI is InChI=1S/C15H25NO/c1-11(2)10-12(3)16(5)13(4)14-8-6-7-9-15(14)17/h6-9,11-13,17H,10H2,1-5H3. The van der Waals surface area contributed by atoms with Gasteiger partial charge >= 0.3 is 0 Å². The van der Waals surface area contributed by atoms with Gasteiger partial charge in [-0.15, -0.1) is 0 Å². The smallest absolute Gasteiger partial charge is 0.120 e. The quantitative estimate of drug-likeness (QED) is 0.838. The number of benzene rings is 1. The maximum absolute atomic E-state index is 9.87. The van der Waals surface area contributed by atoms with Crippen molar-refractivity contribution in [2.75, 3.05) is 7.05 Å². The van der Waals surface area contributed by atoms with Crippen molar-refractivity contribution in [3.05, 3.63) is 29.8 Å². The number of para-hydroxylation sites is 1. The van der Waals surface area contributed by atoms with Crippen LogP contribution in [0.25, 0.3) is 0 Å². The molecule has 1 aromatic carbocycles. The summed E-state index contributed by atoms with van der Waals surface area (Å²) in [6.07, 6.45) is 1.18. The van der Waals surface area contributed by atoms with Crippen molar-refractivity contribution in [2.24, 2.45) is 5.92 Å². The SMILES string of the molecule is CC(C)CC(C)N(C)C(C)c1ccccc1O. The van der Waals surface area contributed by atoms with Crippen molar-refractivity contribution in [3.63, 3.8) is 0 Å². The largest absolute Gasteiger partial charge is 0.508 e. The second-order valence-electron chi connectivity index (χ2n) is 5.38. The Kier molecular flexibility index (Phi) is 5.01. The summed E-state index contributed by atoms with van der Waals surface area (Å²) in [5, 5.41) is 9.87. The monoisotopic (exact) mass is 235 g/mol. The van der Waals surface area contributed by atoms with Crippen molar-refractivity contribution >= 4 is 0 Å². The number of phenols is 1. The molecule has 0 spiro atoms. The fraction of sp³-hybridized carbons (Fsp3) is 0.600. The highest BCUT2D eigenvalue weighted by Crippen LogP contribution is 2.29. The van der Waals surface area contributed by atoms with E-state index in [-0.39, 0.29) is 6.04 Å². The Bertz CT molecular complexity index is 349. The van der Waals surface area contributed by atoms with Crippen LogP contribution in [0.4, 0.5) is 0 Å². The van der Waals surface area contributed by atoms with Gasteiger partial charge in [-0.25, -0.2) is 0 Å². The highest BCUT2D eigenvalue weighted by Gasteiger charge is 2.19. The number of rotatable bonds is 5. The van der Waals surface area contributed by atoms with Gasteiger partial charge in [-0.1, -0.05) is 32.0 Å². The minimum atomic E-state index is 0.241. The lowest BCUT2D eigenvalue weighted by atomic mass is 10.00. The summed E-state index contributed by atoms with van der Waals surface area (Å²) in [5.41, 5.74) is 1.01. The van der Waals surface area contributed by atoms with Gasteiger partial charge in [-0.3, -0.25) is 4.90 Å². The lowest BCUT2D eigenvalue weighted by Gasteiger charge is -2.32. The van der Waals surface area contributed by atoms with Gasteiger partial charge in [0.2, 0.25) is 0 Å². The summed E-state index contributed by atoms with van der Waals surface area (Å²) in [6.45, 7) is 8.88. The third-order valence-electron chi connectivity index (χ3n) is 3.51. The van der Waals surface area contributed by atoms with Gasteiger partial charge in [0.05, 0.1) is 0 Å². The van der Waals surface area contributed by atoms with Crippen LogP contribution >= 0.6 is 0 Å². The zero-order valence-electron chi connectivity index (χ0n) is 11.6. The Morgan fingerprint density at radius 1 is 1.12 bits per heavy atom. The van der Waals surface area contributed by atoms with E-state index in [1.54, 1.807) is 6.07 Å². The van der Waals surface area contributed by atoms with Gasteiger partial charge < -0.3 is 5.11 Å². The molecule has 0 aliphatic rings. The van der Waals surface area contributed by atoms with E-state index in [0.29, 0.717) is 17.7 Å². The molecule has 0 aliphatic carbocycles. The van der Waals surface area contributed by atoms with Gasteiger partial charge in [0.25, 0.3) is 0 Å². The van der Waals surface area contributed by atoms with Crippen LogP contribution in [-0.4, -0.2) is 23.1 Å². The van der Waals surface area contributed by atoms with Crippen LogP contribution in [-0.2, 0) is 0 Å². The zero-order chi connectivity index (χ0) is 13.0. The number of aromatic hydroxyl groups is 1. The third kappa shape index (κ3) is 3.74. The molecule has 0 saturated carbocycles. The van der Waals surface area contributed by atoms with Crippen LogP contribution < -0.4 is 0 Å². The van der Waals surface area contributed by atoms with E-state index in [4.69, 9.17) is 0 Å². The summed E-state index contributed by atoms with van der Waals surface area (Å²) in [5.74, 6) is 1.09. The molecule has 0 aromatic heterocycles. The molecule has 2 nitrogen and oxygen atoms in total. The predicted octanol–water partition coefficient (Wildman–Crippen LogP) is 3.82. The summed E-state index contributed by atoms with van der Waals surface area (Å²) >= 11 is 0. The molecule has 0 heterocycles. The summed E-state index contributed by atoms with van der Waals surface area (Å²) in [6, 6.07) is 8.36. The second kappa shape index (κ2) is 6.06. The topological polar surface area (TPSA) is 23.5 Å². The molecule has 17 heavy (non-hydrogen) atoms. The van der Waals surface area contributed by atoms with Crippen molar-refractivity contribution in [2.45, 2.75) is 46.2 Å². The Hall–Kier alpha value is -1.02. The minimum Gasteiger partial charge on any atom is -0.508 e. The van der Waals surface area contributed by atoms with Crippen molar-refractivity contribution in [1.82, 2.24) is 4.90 Å². The summed E-state index contributed by atoms with van der Waals surface area (Å²) in [4.78, 5) is 2.33. The predicted molar refractivity (Wildman–Crippen MR) is 73.2 cm³/mol. The maximum atomic E-state index is 9.87. The molecule has 2 heteroatoms. The number of hydrogen-bond donors (Lipinski definition) is 1. The van der Waals surface area contributed by atoms with Gasteiger partial charge in [0.15, 0.2) is 0 Å². The van der Waals surface area contributed by atoms with E-state index in [9.17, 15) is 5.11 Å². The summed E-state index contributed by atoms with van der Waals surface area (Å²) < 4.78 is 0. The average Bonchev–Trinajstić information content (AvgIpc) is 2.27. The molecule has 0 bridgehead atoms. The first-order valence-corrected chi connectivity index (χ1v) is 6.43. The van der Waals surface area contributed by atoms with Gasteiger partial charge in [-0.05, 0) is 39.3 Å². The molecule has 1 aromatic rings. The first-order chi connectivity index (χ1) is 7.93. The molecule has 0 fully saturated rings. The van der Waals surface area contributed by atoms with Gasteiger partial charge in [0.1, 0.15) is 5.75 Å². The van der Waals surface area contributed by atoms with Crippen LogP contribution in [0.5, 0.6) is 5.75 Å². The zero-order valence-corrected chi connectivity index (χ0v) is 11.6. The van der Waals surface area contributed by atoms with Crippen LogP contribution in [0, 0.1) is 5.92 Å². The van der Waals surface area contributed by atoms with Crippen molar-refractivity contribution in [3.8, 4) is 5.75 Å². The van der Waals surface area contributed by atoms with E-state index in [0.717, 1.165) is 5.56 Å². The van der Waals surface area contributed by atoms with E-state index < -0.39 is 0 Å². The molecular formula is C15H25NO. The summed E-state index contributed by atoms with van der Waals surface area (Å²) in [7, 11) is 2.13. The van der Waals surface area contributed by atoms with E-state index in [1.165, 1.54) is 6.42 Å². The van der Waals surface area contributed by atoms with Crippen LogP contribution in [0.1, 0.15) is 45.7 Å². The van der Waals surface area contributed by atoms with E-state index in [2.05, 4.69) is 39.6 Å². The molecule has 1 rings (SSSR count). The molecule has 2 unspecified atom stereocenters. The van der Waals surface area contributed by atoms with Crippen LogP contribution in [0.15, 0.2) is 24.3 Å². The number of phenolic OH excluding ortho intramolecular Hbond substituents is 1. The molecular weight excluding hydrogens is 210 g/mol. The first kappa shape index (κ1) is 14.0. The third-order valence-corrected chi connectivity index (χ3v) is 3.51. The molecule has 1 N–H and O–H groups in total. The molecule has 0 radical (unpaired) electrons. The highest BCUT2D eigenvalue weighted by atomic mass is 16.3. The minimum absolute atomic E-state index is 0.241. The molecule has 0 aliphatic heterocycles. The Morgan fingerprint density at radius 3 is 2.24 bits per heavy atom. The molecule has 2 atom stereocenters.